The van der Waals surface area contributed by atoms with Crippen molar-refractivity contribution in [3.63, 3.8) is 0 Å². The lowest BCUT2D eigenvalue weighted by Gasteiger charge is -2.28. The lowest BCUT2D eigenvalue weighted by molar-refractivity contribution is 0.203. The van der Waals surface area contributed by atoms with Crippen LogP contribution in [-0.2, 0) is 5.41 Å². The van der Waals surface area contributed by atoms with Crippen molar-refractivity contribution in [3.8, 4) is 0 Å². The predicted octanol–water partition coefficient (Wildman–Crippen LogP) is 4.57. The van der Waals surface area contributed by atoms with Gasteiger partial charge in [-0.25, -0.2) is 9.18 Å². The second-order valence-corrected chi connectivity index (χ2v) is 7.77. The Bertz CT molecular complexity index is 739. The minimum absolute atomic E-state index is 0.0929. The largest absolute Gasteiger partial charge is 0.388 e. The number of hydrogen-bond acceptors (Lipinski definition) is 3. The van der Waals surface area contributed by atoms with Crippen molar-refractivity contribution in [2.75, 3.05) is 11.9 Å². The maximum Gasteiger partial charge on any atom is 0.319 e. The number of amides is 2. The molecule has 4 nitrogen and oxygen atoms in total. The van der Waals surface area contributed by atoms with Crippen LogP contribution in [0.5, 0.6) is 0 Å². The fraction of sp³-hybridized carbons (Fsp3) is 0.421. The average molecular weight is 362 g/mol. The van der Waals surface area contributed by atoms with Gasteiger partial charge in [0, 0.05) is 21.7 Å². The molecule has 1 fully saturated rings. The summed E-state index contributed by atoms with van der Waals surface area (Å²) < 4.78 is 13.6. The molecule has 1 atom stereocenters. The number of hydrogen-bond donors (Lipinski definition) is 3. The number of carbonyl (C=O) groups is 1. The Morgan fingerprint density at radius 2 is 2.00 bits per heavy atom. The summed E-state index contributed by atoms with van der Waals surface area (Å²) in [4.78, 5) is 14.3. The topological polar surface area (TPSA) is 61.4 Å². The summed E-state index contributed by atoms with van der Waals surface area (Å²) in [6, 6.07) is 9.75. The Morgan fingerprint density at radius 1 is 1.28 bits per heavy atom. The van der Waals surface area contributed by atoms with Gasteiger partial charge in [0.15, 0.2) is 0 Å². The molecule has 3 rings (SSSR count). The van der Waals surface area contributed by atoms with Gasteiger partial charge < -0.3 is 15.7 Å². The molecule has 0 aliphatic heterocycles. The van der Waals surface area contributed by atoms with E-state index in [-0.39, 0.29) is 11.1 Å². The van der Waals surface area contributed by atoms with Crippen molar-refractivity contribution >= 4 is 23.1 Å². The van der Waals surface area contributed by atoms with Gasteiger partial charge in [0.1, 0.15) is 5.82 Å². The van der Waals surface area contributed by atoms with Crippen LogP contribution in [0.4, 0.5) is 14.9 Å². The standard InChI is InChI=1S/C19H23FN2O2S/c1-13(23)16-8-9-17(25-16)19(10-4-5-11-19)12-21-18(24)22-15-7-3-2-6-14(15)20/h2-3,6-9,13,23H,4-5,10-12H2,1H3,(H2,21,22,24). The highest BCUT2D eigenvalue weighted by atomic mass is 32.1. The van der Waals surface area contributed by atoms with E-state index in [4.69, 9.17) is 0 Å². The molecule has 0 saturated heterocycles. The quantitative estimate of drug-likeness (QED) is 0.729. The second kappa shape index (κ2) is 7.54. The van der Waals surface area contributed by atoms with Gasteiger partial charge in [0.2, 0.25) is 0 Å². The van der Waals surface area contributed by atoms with E-state index in [2.05, 4.69) is 16.7 Å². The number of nitrogens with one attached hydrogen (secondary N) is 2. The van der Waals surface area contributed by atoms with E-state index < -0.39 is 18.0 Å². The first kappa shape index (κ1) is 17.9. The van der Waals surface area contributed by atoms with E-state index in [0.717, 1.165) is 30.6 Å². The van der Waals surface area contributed by atoms with Crippen LogP contribution in [-0.4, -0.2) is 17.7 Å². The number of rotatable bonds is 5. The average Bonchev–Trinajstić information content (AvgIpc) is 3.25. The Morgan fingerprint density at radius 3 is 2.64 bits per heavy atom. The first-order valence-corrected chi connectivity index (χ1v) is 9.39. The van der Waals surface area contributed by atoms with Crippen molar-refractivity contribution in [2.45, 2.75) is 44.1 Å². The summed E-state index contributed by atoms with van der Waals surface area (Å²) in [7, 11) is 0. The molecule has 1 saturated carbocycles. The van der Waals surface area contributed by atoms with Gasteiger partial charge in [-0.2, -0.15) is 0 Å². The highest BCUT2D eigenvalue weighted by Crippen LogP contribution is 2.44. The van der Waals surface area contributed by atoms with Crippen molar-refractivity contribution < 1.29 is 14.3 Å². The molecular formula is C19H23FN2O2S. The van der Waals surface area contributed by atoms with Crippen molar-refractivity contribution in [3.05, 3.63) is 52.0 Å². The van der Waals surface area contributed by atoms with Gasteiger partial charge in [-0.05, 0) is 44.0 Å². The number of urea groups is 1. The third kappa shape index (κ3) is 4.02. The normalized spacial score (nSPS) is 17.2. The van der Waals surface area contributed by atoms with E-state index >= 15 is 0 Å². The lowest BCUT2D eigenvalue weighted by Crippen LogP contribution is -2.40. The molecule has 1 aliphatic carbocycles. The zero-order valence-corrected chi connectivity index (χ0v) is 15.0. The first-order valence-electron chi connectivity index (χ1n) is 8.58. The Kier molecular flexibility index (Phi) is 5.39. The van der Waals surface area contributed by atoms with Crippen LogP contribution >= 0.6 is 11.3 Å². The molecule has 1 aromatic carbocycles. The van der Waals surface area contributed by atoms with Crippen LogP contribution < -0.4 is 10.6 Å². The number of carbonyl (C=O) groups excluding carboxylic acids is 1. The summed E-state index contributed by atoms with van der Waals surface area (Å²) in [6.07, 6.45) is 3.78. The Hall–Kier alpha value is -1.92. The third-order valence-corrected chi connectivity index (χ3v) is 6.33. The fourth-order valence-electron chi connectivity index (χ4n) is 3.40. The van der Waals surface area contributed by atoms with Crippen LogP contribution in [0.25, 0.3) is 0 Å². The van der Waals surface area contributed by atoms with Crippen molar-refractivity contribution in [1.29, 1.82) is 0 Å². The molecule has 0 bridgehead atoms. The summed E-state index contributed by atoms with van der Waals surface area (Å²) >= 11 is 1.61. The van der Waals surface area contributed by atoms with E-state index in [0.29, 0.717) is 6.54 Å². The van der Waals surface area contributed by atoms with Crippen molar-refractivity contribution in [1.82, 2.24) is 5.32 Å². The summed E-state index contributed by atoms with van der Waals surface area (Å²) in [5, 5.41) is 15.2. The molecule has 134 valence electrons. The molecule has 2 amide bonds. The Balaban J connectivity index is 1.67. The number of anilines is 1. The van der Waals surface area contributed by atoms with Gasteiger partial charge in [0.05, 0.1) is 11.8 Å². The number of thiophene rings is 1. The van der Waals surface area contributed by atoms with Crippen LogP contribution in [0.3, 0.4) is 0 Å². The minimum Gasteiger partial charge on any atom is -0.388 e. The zero-order chi connectivity index (χ0) is 17.9. The molecule has 3 N–H and O–H groups in total. The van der Waals surface area contributed by atoms with E-state index in [1.54, 1.807) is 30.4 Å². The molecule has 2 aromatic rings. The second-order valence-electron chi connectivity index (χ2n) is 6.65. The van der Waals surface area contributed by atoms with E-state index in [9.17, 15) is 14.3 Å². The molecule has 25 heavy (non-hydrogen) atoms. The van der Waals surface area contributed by atoms with Gasteiger partial charge >= 0.3 is 6.03 Å². The van der Waals surface area contributed by atoms with E-state index in [1.807, 2.05) is 6.07 Å². The molecule has 1 unspecified atom stereocenters. The molecule has 0 radical (unpaired) electrons. The fourth-order valence-corrected chi connectivity index (χ4v) is 4.59. The monoisotopic (exact) mass is 362 g/mol. The predicted molar refractivity (Wildman–Crippen MR) is 98.5 cm³/mol. The number of benzene rings is 1. The molecule has 1 aliphatic rings. The SMILES string of the molecule is CC(O)c1ccc(C2(CNC(=O)Nc3ccccc3F)CCCC2)s1. The first-order chi connectivity index (χ1) is 12.0. The highest BCUT2D eigenvalue weighted by molar-refractivity contribution is 7.12. The Labute approximate surface area is 151 Å². The number of aliphatic hydroxyl groups is 1. The zero-order valence-electron chi connectivity index (χ0n) is 14.2. The van der Waals surface area contributed by atoms with Crippen molar-refractivity contribution in [2.24, 2.45) is 0 Å². The smallest absolute Gasteiger partial charge is 0.319 e. The highest BCUT2D eigenvalue weighted by Gasteiger charge is 2.37. The summed E-state index contributed by atoms with van der Waals surface area (Å²) in [5.74, 6) is -0.451. The van der Waals surface area contributed by atoms with E-state index in [1.165, 1.54) is 17.0 Å². The van der Waals surface area contributed by atoms with Gasteiger partial charge in [-0.3, -0.25) is 0 Å². The van der Waals surface area contributed by atoms with Gasteiger partial charge in [-0.15, -0.1) is 11.3 Å². The van der Waals surface area contributed by atoms with Crippen LogP contribution in [0.15, 0.2) is 36.4 Å². The molecule has 0 spiro atoms. The molecule has 6 heteroatoms. The van der Waals surface area contributed by atoms with Crippen LogP contribution in [0, 0.1) is 5.82 Å². The molecular weight excluding hydrogens is 339 g/mol. The van der Waals surface area contributed by atoms with Gasteiger partial charge in [-0.1, -0.05) is 25.0 Å². The van der Waals surface area contributed by atoms with Gasteiger partial charge in [0.25, 0.3) is 0 Å². The number of para-hydroxylation sites is 1. The third-order valence-electron chi connectivity index (χ3n) is 4.83. The van der Waals surface area contributed by atoms with Crippen LogP contribution in [0.1, 0.15) is 48.5 Å². The molecule has 1 heterocycles. The maximum absolute atomic E-state index is 13.6. The summed E-state index contributed by atoms with van der Waals surface area (Å²) in [5.41, 5.74) is 0.0812. The maximum atomic E-state index is 13.6. The lowest BCUT2D eigenvalue weighted by atomic mass is 9.84. The summed E-state index contributed by atoms with van der Waals surface area (Å²) in [6.45, 7) is 2.27. The number of aliphatic hydroxyl groups excluding tert-OH is 1. The molecule has 1 aromatic heterocycles. The minimum atomic E-state index is -0.477. The number of halogens is 1. The van der Waals surface area contributed by atoms with Crippen LogP contribution in [0.2, 0.25) is 0 Å².